The molecule has 44 heavy (non-hydrogen) atoms. The van der Waals surface area contributed by atoms with E-state index in [4.69, 9.17) is 9.47 Å². The van der Waals surface area contributed by atoms with E-state index in [0.717, 1.165) is 37.5 Å². The first-order valence-electron chi connectivity index (χ1n) is 19.8. The van der Waals surface area contributed by atoms with Crippen LogP contribution in [0.4, 0.5) is 0 Å². The first-order valence-corrected chi connectivity index (χ1v) is 19.8. The van der Waals surface area contributed by atoms with E-state index in [9.17, 15) is 0 Å². The van der Waals surface area contributed by atoms with Crippen LogP contribution >= 0.6 is 0 Å². The third kappa shape index (κ3) is 14.5. The molecule has 0 spiro atoms. The smallest absolute Gasteiger partial charge is 0.169 e. The van der Waals surface area contributed by atoms with Crippen LogP contribution in [0, 0.1) is 11.8 Å². The van der Waals surface area contributed by atoms with Crippen LogP contribution in [0.15, 0.2) is 48.6 Å². The van der Waals surface area contributed by atoms with Crippen molar-refractivity contribution < 1.29 is 9.47 Å². The zero-order valence-corrected chi connectivity index (χ0v) is 29.3. The summed E-state index contributed by atoms with van der Waals surface area (Å²) in [7, 11) is 0. The summed E-state index contributed by atoms with van der Waals surface area (Å²) in [6.45, 7) is 4.52. The lowest BCUT2D eigenvalue weighted by Gasteiger charge is -2.41. The Morgan fingerprint density at radius 2 is 0.818 bits per heavy atom. The molecule has 3 rings (SSSR count). The molecule has 0 aromatic heterocycles. The van der Waals surface area contributed by atoms with E-state index in [0.29, 0.717) is 12.2 Å². The van der Waals surface area contributed by atoms with Gasteiger partial charge in [-0.2, -0.15) is 0 Å². The average molecular weight is 609 g/mol. The number of unbranched alkanes of at least 4 members (excludes halogenated alkanes) is 16. The highest BCUT2D eigenvalue weighted by Gasteiger charge is 2.62. The quantitative estimate of drug-likeness (QED) is 0.0650. The number of allylic oxidation sites excluding steroid dienone is 8. The Kier molecular flexibility index (Phi) is 20.5. The normalized spacial score (nSPS) is 24.3. The molecule has 0 N–H and O–H groups in total. The van der Waals surface area contributed by atoms with Crippen molar-refractivity contribution >= 4 is 0 Å². The lowest BCUT2D eigenvalue weighted by atomic mass is 9.71. The van der Waals surface area contributed by atoms with Gasteiger partial charge in [-0.25, -0.2) is 0 Å². The Morgan fingerprint density at radius 3 is 1.23 bits per heavy atom. The third-order valence-electron chi connectivity index (χ3n) is 10.5. The van der Waals surface area contributed by atoms with Crippen LogP contribution in [-0.2, 0) is 9.47 Å². The molecule has 4 atom stereocenters. The molecule has 1 saturated heterocycles. The van der Waals surface area contributed by atoms with E-state index in [-0.39, 0.29) is 5.79 Å². The van der Waals surface area contributed by atoms with Gasteiger partial charge in [-0.3, -0.25) is 0 Å². The molecule has 0 bridgehead atoms. The first-order chi connectivity index (χ1) is 21.8. The summed E-state index contributed by atoms with van der Waals surface area (Å²) in [5, 5.41) is 0. The lowest BCUT2D eigenvalue weighted by molar-refractivity contribution is -0.182. The molecule has 0 radical (unpaired) electrons. The van der Waals surface area contributed by atoms with Gasteiger partial charge in [0, 0.05) is 12.8 Å². The van der Waals surface area contributed by atoms with Gasteiger partial charge in [-0.1, -0.05) is 146 Å². The maximum atomic E-state index is 6.85. The molecule has 0 unspecified atom stereocenters. The monoisotopic (exact) mass is 609 g/mol. The van der Waals surface area contributed by atoms with Crippen LogP contribution in [0.3, 0.4) is 0 Å². The third-order valence-corrected chi connectivity index (χ3v) is 10.5. The summed E-state index contributed by atoms with van der Waals surface area (Å²) >= 11 is 0. The number of hydrogen-bond acceptors (Lipinski definition) is 2. The Bertz CT molecular complexity index is 741. The van der Waals surface area contributed by atoms with Crippen molar-refractivity contribution in [2.24, 2.45) is 11.8 Å². The van der Waals surface area contributed by atoms with Gasteiger partial charge in [-0.15, -0.1) is 0 Å². The molecule has 2 heteroatoms. The minimum atomic E-state index is -0.259. The fourth-order valence-electron chi connectivity index (χ4n) is 7.75. The molecule has 0 aromatic rings. The van der Waals surface area contributed by atoms with Crippen molar-refractivity contribution in [1.82, 2.24) is 0 Å². The van der Waals surface area contributed by atoms with Crippen LogP contribution in [-0.4, -0.2) is 18.0 Å². The Balaban J connectivity index is 1.21. The van der Waals surface area contributed by atoms with Gasteiger partial charge in [-0.05, 0) is 88.9 Å². The largest absolute Gasteiger partial charge is 0.344 e. The van der Waals surface area contributed by atoms with Gasteiger partial charge >= 0.3 is 0 Å². The molecule has 252 valence electrons. The van der Waals surface area contributed by atoms with E-state index >= 15 is 0 Å². The molecule has 2 nitrogen and oxygen atoms in total. The van der Waals surface area contributed by atoms with Gasteiger partial charge in [0.1, 0.15) is 0 Å². The van der Waals surface area contributed by atoms with Gasteiger partial charge < -0.3 is 9.47 Å². The van der Waals surface area contributed by atoms with Crippen LogP contribution in [0.2, 0.25) is 0 Å². The fraction of sp³-hybridized carbons (Fsp3) is 0.810. The second-order valence-electron chi connectivity index (χ2n) is 14.3. The van der Waals surface area contributed by atoms with Gasteiger partial charge in [0.25, 0.3) is 0 Å². The summed E-state index contributed by atoms with van der Waals surface area (Å²) < 4.78 is 13.7. The van der Waals surface area contributed by atoms with Crippen molar-refractivity contribution in [2.75, 3.05) is 0 Å². The summed E-state index contributed by atoms with van der Waals surface area (Å²) in [6.07, 6.45) is 54.5. The van der Waals surface area contributed by atoms with Crippen LogP contribution in [0.5, 0.6) is 0 Å². The van der Waals surface area contributed by atoms with Crippen molar-refractivity contribution in [3.63, 3.8) is 0 Å². The predicted molar refractivity (Wildman–Crippen MR) is 192 cm³/mol. The van der Waals surface area contributed by atoms with Crippen molar-refractivity contribution in [3.8, 4) is 0 Å². The van der Waals surface area contributed by atoms with E-state index in [1.807, 2.05) is 0 Å². The minimum absolute atomic E-state index is 0.259. The fourth-order valence-corrected chi connectivity index (χ4v) is 7.75. The highest BCUT2D eigenvalue weighted by molar-refractivity contribution is 5.07. The zero-order valence-electron chi connectivity index (χ0n) is 29.3. The second-order valence-corrected chi connectivity index (χ2v) is 14.3. The zero-order chi connectivity index (χ0) is 31.0. The Morgan fingerprint density at radius 1 is 0.455 bits per heavy atom. The maximum absolute atomic E-state index is 6.85. The Labute approximate surface area is 274 Å². The van der Waals surface area contributed by atoms with E-state index < -0.39 is 0 Å². The number of ether oxygens (including phenoxy) is 2. The number of hydrogen-bond donors (Lipinski definition) is 0. The van der Waals surface area contributed by atoms with E-state index in [1.54, 1.807) is 0 Å². The standard InChI is InChI=1S/C42H72O2/c1-3-5-7-9-11-13-15-17-19-21-23-25-27-29-31-36-42(43-40-38-34-33-35-39(38)41(40)44-42)37-32-30-28-26-24-22-20-18-16-14-12-10-8-6-4-2/h9-12,15-18,38-41H,3-8,13-14,19-37H2,1-2H3/b11-9-,12-10-,17-15-,18-16-/t38-,39+,40+,41-. The first kappa shape index (κ1) is 37.3. The highest BCUT2D eigenvalue weighted by atomic mass is 16.8. The average Bonchev–Trinajstić information content (AvgIpc) is 3.60. The van der Waals surface area contributed by atoms with Crippen molar-refractivity contribution in [2.45, 2.75) is 205 Å². The van der Waals surface area contributed by atoms with Gasteiger partial charge in [0.05, 0.1) is 12.2 Å². The maximum Gasteiger partial charge on any atom is 0.169 e. The highest BCUT2D eigenvalue weighted by Crippen LogP contribution is 2.57. The van der Waals surface area contributed by atoms with Gasteiger partial charge in [0.2, 0.25) is 0 Å². The topological polar surface area (TPSA) is 18.5 Å². The second kappa shape index (κ2) is 24.1. The summed E-state index contributed by atoms with van der Waals surface area (Å²) in [5.41, 5.74) is 0. The Hall–Kier alpha value is -1.12. The summed E-state index contributed by atoms with van der Waals surface area (Å²) in [6, 6.07) is 0. The molecule has 3 fully saturated rings. The van der Waals surface area contributed by atoms with Crippen LogP contribution < -0.4 is 0 Å². The molecule has 1 aliphatic heterocycles. The SMILES string of the molecule is CCCC/C=C\C/C=C\CCCCCCCCC1(CCCCCCCC/C=C\C/C=C\CCCC)O[C@@H]2[C@H]3CCC[C@H]3[C@@H]2O1. The molecule has 0 aromatic carbocycles. The lowest BCUT2D eigenvalue weighted by Crippen LogP contribution is -2.50. The van der Waals surface area contributed by atoms with Gasteiger partial charge in [0.15, 0.2) is 5.79 Å². The molecule has 2 saturated carbocycles. The summed E-state index contributed by atoms with van der Waals surface area (Å²) in [5.74, 6) is 1.35. The van der Waals surface area contributed by atoms with Crippen molar-refractivity contribution in [1.29, 1.82) is 0 Å². The van der Waals surface area contributed by atoms with Crippen molar-refractivity contribution in [3.05, 3.63) is 48.6 Å². The molecule has 1 heterocycles. The molecule has 3 aliphatic rings. The van der Waals surface area contributed by atoms with Crippen LogP contribution in [0.25, 0.3) is 0 Å². The molecular formula is C42H72O2. The van der Waals surface area contributed by atoms with E-state index in [1.165, 1.54) is 148 Å². The molecule has 2 aliphatic carbocycles. The summed E-state index contributed by atoms with van der Waals surface area (Å²) in [4.78, 5) is 0. The molecule has 0 amide bonds. The minimum Gasteiger partial charge on any atom is -0.344 e. The van der Waals surface area contributed by atoms with Crippen LogP contribution in [0.1, 0.15) is 187 Å². The molecular weight excluding hydrogens is 536 g/mol. The number of fused-ring (bicyclic) bond motifs is 4. The van der Waals surface area contributed by atoms with E-state index in [2.05, 4.69) is 62.5 Å². The predicted octanol–water partition coefficient (Wildman–Crippen LogP) is 13.5. The number of rotatable bonds is 28.